The maximum absolute atomic E-state index is 12.6. The molecular formula is C26H31N3O3. The number of amides is 3. The van der Waals surface area contributed by atoms with E-state index >= 15 is 0 Å². The van der Waals surface area contributed by atoms with Gasteiger partial charge in [0.1, 0.15) is 0 Å². The standard InChI is InChI=1S/C26H31N3O3/c1-18-7-8-21(15-19(18)2)16-27-24(30)22-11-9-20(10-12-22)17-28-13-14-29(26(32)25(28)31)23-5-3-4-6-23/h7-12,15,23H,3-6,13-14,16-17H2,1-2H3,(H,27,30). The van der Waals surface area contributed by atoms with E-state index in [2.05, 4.69) is 31.3 Å². The number of hydrogen-bond acceptors (Lipinski definition) is 3. The van der Waals surface area contributed by atoms with Crippen molar-refractivity contribution in [2.45, 2.75) is 58.7 Å². The number of aryl methyl sites for hydroxylation is 2. The van der Waals surface area contributed by atoms with E-state index < -0.39 is 5.91 Å². The van der Waals surface area contributed by atoms with E-state index in [4.69, 9.17) is 0 Å². The van der Waals surface area contributed by atoms with Crippen molar-refractivity contribution in [1.29, 1.82) is 0 Å². The fourth-order valence-electron chi connectivity index (χ4n) is 4.58. The molecular weight excluding hydrogens is 402 g/mol. The Labute approximate surface area is 189 Å². The van der Waals surface area contributed by atoms with Gasteiger partial charge < -0.3 is 15.1 Å². The molecule has 2 fully saturated rings. The van der Waals surface area contributed by atoms with Crippen LogP contribution in [0.2, 0.25) is 0 Å². The monoisotopic (exact) mass is 433 g/mol. The Morgan fingerprint density at radius 1 is 0.906 bits per heavy atom. The van der Waals surface area contributed by atoms with Gasteiger partial charge in [-0.2, -0.15) is 0 Å². The molecule has 1 aliphatic heterocycles. The molecule has 2 aromatic rings. The molecule has 168 valence electrons. The minimum Gasteiger partial charge on any atom is -0.348 e. The average molecular weight is 434 g/mol. The number of benzene rings is 2. The largest absolute Gasteiger partial charge is 0.348 e. The highest BCUT2D eigenvalue weighted by Gasteiger charge is 2.37. The van der Waals surface area contributed by atoms with E-state index in [-0.39, 0.29) is 17.9 Å². The summed E-state index contributed by atoms with van der Waals surface area (Å²) in [5, 5.41) is 2.95. The van der Waals surface area contributed by atoms with Crippen LogP contribution in [0.15, 0.2) is 42.5 Å². The lowest BCUT2D eigenvalue weighted by Crippen LogP contribution is -2.56. The fourth-order valence-corrected chi connectivity index (χ4v) is 4.58. The normalized spacial score (nSPS) is 17.2. The Hall–Kier alpha value is -3.15. The van der Waals surface area contributed by atoms with Crippen molar-refractivity contribution in [2.75, 3.05) is 13.1 Å². The molecule has 0 bridgehead atoms. The Bertz CT molecular complexity index is 1010. The van der Waals surface area contributed by atoms with E-state index in [0.29, 0.717) is 31.7 Å². The van der Waals surface area contributed by atoms with Gasteiger partial charge in [0.25, 0.3) is 5.91 Å². The second-order valence-corrected chi connectivity index (χ2v) is 8.96. The number of nitrogens with one attached hydrogen (secondary N) is 1. The van der Waals surface area contributed by atoms with Crippen LogP contribution in [0.3, 0.4) is 0 Å². The Kier molecular flexibility index (Phi) is 6.58. The zero-order valence-electron chi connectivity index (χ0n) is 18.9. The number of carbonyl (C=O) groups is 3. The molecule has 1 N–H and O–H groups in total. The van der Waals surface area contributed by atoms with Crippen molar-refractivity contribution < 1.29 is 14.4 Å². The van der Waals surface area contributed by atoms with Crippen LogP contribution >= 0.6 is 0 Å². The van der Waals surface area contributed by atoms with Gasteiger partial charge in [0.05, 0.1) is 0 Å². The molecule has 6 heteroatoms. The van der Waals surface area contributed by atoms with Crippen LogP contribution in [-0.2, 0) is 22.7 Å². The minimum absolute atomic E-state index is 0.133. The molecule has 1 aliphatic carbocycles. The van der Waals surface area contributed by atoms with Gasteiger partial charge >= 0.3 is 11.8 Å². The third-order valence-electron chi connectivity index (χ3n) is 6.72. The SMILES string of the molecule is Cc1ccc(CNC(=O)c2ccc(CN3CCN(C4CCCC4)C(=O)C3=O)cc2)cc1C. The summed E-state index contributed by atoms with van der Waals surface area (Å²) in [5.41, 5.74) is 4.99. The first kappa shape index (κ1) is 22.1. The highest BCUT2D eigenvalue weighted by Crippen LogP contribution is 2.25. The highest BCUT2D eigenvalue weighted by atomic mass is 16.2. The lowest BCUT2D eigenvalue weighted by atomic mass is 10.1. The Morgan fingerprint density at radius 3 is 2.28 bits per heavy atom. The van der Waals surface area contributed by atoms with Crippen molar-refractivity contribution in [3.8, 4) is 0 Å². The lowest BCUT2D eigenvalue weighted by molar-refractivity contribution is -0.158. The summed E-state index contributed by atoms with van der Waals surface area (Å²) in [6.07, 6.45) is 4.28. The molecule has 0 atom stereocenters. The van der Waals surface area contributed by atoms with Gasteiger partial charge in [-0.1, -0.05) is 43.2 Å². The van der Waals surface area contributed by atoms with E-state index in [9.17, 15) is 14.4 Å². The molecule has 0 radical (unpaired) electrons. The third kappa shape index (κ3) is 4.85. The molecule has 2 aliphatic rings. The summed E-state index contributed by atoms with van der Waals surface area (Å²) in [7, 11) is 0. The van der Waals surface area contributed by atoms with Gasteiger partial charge in [0, 0.05) is 37.8 Å². The predicted octanol–water partition coefficient (Wildman–Crippen LogP) is 3.35. The van der Waals surface area contributed by atoms with Crippen molar-refractivity contribution in [3.05, 3.63) is 70.3 Å². The van der Waals surface area contributed by atoms with Crippen molar-refractivity contribution >= 4 is 17.7 Å². The molecule has 0 unspecified atom stereocenters. The van der Waals surface area contributed by atoms with Crippen LogP contribution in [0.4, 0.5) is 0 Å². The van der Waals surface area contributed by atoms with Gasteiger partial charge in [0.15, 0.2) is 0 Å². The number of hydrogen-bond donors (Lipinski definition) is 1. The number of nitrogens with zero attached hydrogens (tertiary/aromatic N) is 2. The van der Waals surface area contributed by atoms with Gasteiger partial charge in [-0.05, 0) is 61.1 Å². The predicted molar refractivity (Wildman–Crippen MR) is 123 cm³/mol. The van der Waals surface area contributed by atoms with Crippen molar-refractivity contribution in [1.82, 2.24) is 15.1 Å². The number of rotatable bonds is 6. The van der Waals surface area contributed by atoms with Crippen LogP contribution in [0, 0.1) is 13.8 Å². The van der Waals surface area contributed by atoms with Crippen LogP contribution in [0.25, 0.3) is 0 Å². The van der Waals surface area contributed by atoms with Gasteiger partial charge in [-0.25, -0.2) is 0 Å². The Balaban J connectivity index is 1.31. The first-order chi connectivity index (χ1) is 15.4. The zero-order chi connectivity index (χ0) is 22.7. The highest BCUT2D eigenvalue weighted by molar-refractivity contribution is 6.35. The number of carbonyl (C=O) groups excluding carboxylic acids is 3. The second-order valence-electron chi connectivity index (χ2n) is 8.96. The topological polar surface area (TPSA) is 69.7 Å². The van der Waals surface area contributed by atoms with Crippen LogP contribution < -0.4 is 5.32 Å². The van der Waals surface area contributed by atoms with Crippen LogP contribution in [0.1, 0.15) is 58.3 Å². The van der Waals surface area contributed by atoms with E-state index in [0.717, 1.165) is 36.8 Å². The summed E-state index contributed by atoms with van der Waals surface area (Å²) in [5.74, 6) is -0.921. The maximum atomic E-state index is 12.6. The molecule has 1 saturated heterocycles. The third-order valence-corrected chi connectivity index (χ3v) is 6.72. The van der Waals surface area contributed by atoms with Gasteiger partial charge in [0.2, 0.25) is 0 Å². The van der Waals surface area contributed by atoms with Crippen LogP contribution in [-0.4, -0.2) is 46.7 Å². The van der Waals surface area contributed by atoms with Gasteiger partial charge in [-0.3, -0.25) is 14.4 Å². The fraction of sp³-hybridized carbons (Fsp3) is 0.423. The number of piperazine rings is 1. The van der Waals surface area contributed by atoms with Gasteiger partial charge in [-0.15, -0.1) is 0 Å². The maximum Gasteiger partial charge on any atom is 0.312 e. The molecule has 3 amide bonds. The minimum atomic E-state index is -0.418. The van der Waals surface area contributed by atoms with Crippen LogP contribution in [0.5, 0.6) is 0 Å². The summed E-state index contributed by atoms with van der Waals surface area (Å²) < 4.78 is 0. The van der Waals surface area contributed by atoms with E-state index in [1.54, 1.807) is 21.9 Å². The summed E-state index contributed by atoms with van der Waals surface area (Å²) >= 11 is 0. The van der Waals surface area contributed by atoms with E-state index in [1.165, 1.54) is 11.1 Å². The molecule has 4 rings (SSSR count). The molecule has 1 saturated carbocycles. The van der Waals surface area contributed by atoms with Crippen molar-refractivity contribution in [2.24, 2.45) is 0 Å². The molecule has 0 aromatic heterocycles. The first-order valence-corrected chi connectivity index (χ1v) is 11.5. The quantitative estimate of drug-likeness (QED) is 0.711. The average Bonchev–Trinajstić information content (AvgIpc) is 3.33. The summed E-state index contributed by atoms with van der Waals surface area (Å²) in [6.45, 7) is 6.15. The second kappa shape index (κ2) is 9.55. The lowest BCUT2D eigenvalue weighted by Gasteiger charge is -2.37. The molecule has 0 spiro atoms. The molecule has 32 heavy (non-hydrogen) atoms. The zero-order valence-corrected chi connectivity index (χ0v) is 18.9. The first-order valence-electron chi connectivity index (χ1n) is 11.5. The summed E-state index contributed by atoms with van der Waals surface area (Å²) in [4.78, 5) is 41.1. The van der Waals surface area contributed by atoms with E-state index in [1.807, 2.05) is 18.2 Å². The molecule has 2 aromatic carbocycles. The molecule has 1 heterocycles. The summed E-state index contributed by atoms with van der Waals surface area (Å²) in [6, 6.07) is 13.6. The Morgan fingerprint density at radius 2 is 1.59 bits per heavy atom. The van der Waals surface area contributed by atoms with Crippen molar-refractivity contribution in [3.63, 3.8) is 0 Å². The smallest absolute Gasteiger partial charge is 0.312 e. The molecule has 6 nitrogen and oxygen atoms in total.